The number of nitrogens with zero attached hydrogens (tertiary/aromatic N) is 5. The Bertz CT molecular complexity index is 799. The monoisotopic (exact) mass is 319 g/mol. The van der Waals surface area contributed by atoms with Gasteiger partial charge in [-0.1, -0.05) is 0 Å². The zero-order valence-electron chi connectivity index (χ0n) is 13.6. The van der Waals surface area contributed by atoms with E-state index in [-0.39, 0.29) is 11.7 Å². The molecule has 1 saturated heterocycles. The van der Waals surface area contributed by atoms with Gasteiger partial charge in [0.1, 0.15) is 5.82 Å². The number of imidazole rings is 1. The summed E-state index contributed by atoms with van der Waals surface area (Å²) < 4.78 is 3.33. The average molecular weight is 319 g/mol. The first-order valence-electron chi connectivity index (χ1n) is 7.63. The minimum Gasteiger partial charge on any atom is -0.465 e. The highest BCUT2D eigenvalue weighted by atomic mass is 16.4. The van der Waals surface area contributed by atoms with Crippen LogP contribution in [0.5, 0.6) is 0 Å². The Morgan fingerprint density at radius 1 is 1.30 bits per heavy atom. The van der Waals surface area contributed by atoms with E-state index < -0.39 is 6.09 Å². The summed E-state index contributed by atoms with van der Waals surface area (Å²) in [6, 6.07) is 3.77. The van der Waals surface area contributed by atoms with Gasteiger partial charge in [-0.3, -0.25) is 9.13 Å². The van der Waals surface area contributed by atoms with Crippen LogP contribution in [0.25, 0.3) is 11.2 Å². The molecule has 8 nitrogen and oxygen atoms in total. The molecule has 3 rings (SSSR count). The number of aromatic nitrogens is 3. The van der Waals surface area contributed by atoms with Crippen LogP contribution < -0.4 is 10.6 Å². The minimum absolute atomic E-state index is 0.0216. The summed E-state index contributed by atoms with van der Waals surface area (Å²) in [5.74, 6) is 0.792. The van der Waals surface area contributed by atoms with Gasteiger partial charge in [0.25, 0.3) is 0 Å². The Morgan fingerprint density at radius 2 is 1.96 bits per heavy atom. The molecule has 1 amide bonds. The molecule has 0 saturated carbocycles. The van der Waals surface area contributed by atoms with Crippen molar-refractivity contribution in [3.8, 4) is 0 Å². The quantitative estimate of drug-likeness (QED) is 0.896. The molecule has 2 aromatic rings. The number of hydrogen-bond acceptors (Lipinski definition) is 4. The second-order valence-electron chi connectivity index (χ2n) is 6.12. The Morgan fingerprint density at radius 3 is 2.52 bits per heavy atom. The van der Waals surface area contributed by atoms with Crippen LogP contribution in [-0.4, -0.2) is 57.4 Å². The first kappa shape index (κ1) is 15.4. The molecule has 1 aliphatic heterocycles. The maximum atomic E-state index is 12.6. The van der Waals surface area contributed by atoms with Crippen LogP contribution in [-0.2, 0) is 7.05 Å². The van der Waals surface area contributed by atoms with Crippen LogP contribution in [0.2, 0.25) is 0 Å². The number of anilines is 1. The third kappa shape index (κ3) is 2.54. The summed E-state index contributed by atoms with van der Waals surface area (Å²) in [6.45, 7) is 0.881. The Labute approximate surface area is 133 Å². The van der Waals surface area contributed by atoms with Crippen LogP contribution in [0.1, 0.15) is 18.9 Å². The molecule has 1 N–H and O–H groups in total. The molecular weight excluding hydrogens is 298 g/mol. The van der Waals surface area contributed by atoms with Crippen LogP contribution in [0.15, 0.2) is 16.9 Å². The number of carbonyl (C=O) groups is 1. The highest BCUT2D eigenvalue weighted by Gasteiger charge is 2.27. The number of carboxylic acid groups (broad SMARTS) is 1. The highest BCUT2D eigenvalue weighted by molar-refractivity contribution is 5.74. The van der Waals surface area contributed by atoms with Crippen molar-refractivity contribution in [1.29, 1.82) is 0 Å². The predicted octanol–water partition coefficient (Wildman–Crippen LogP) is 1.12. The second kappa shape index (κ2) is 5.60. The van der Waals surface area contributed by atoms with Gasteiger partial charge in [-0.15, -0.1) is 0 Å². The molecule has 2 aromatic heterocycles. The number of amides is 1. The molecule has 0 bridgehead atoms. The summed E-state index contributed by atoms with van der Waals surface area (Å²) >= 11 is 0. The van der Waals surface area contributed by atoms with Gasteiger partial charge in [0, 0.05) is 40.3 Å². The molecule has 124 valence electrons. The molecule has 1 fully saturated rings. The van der Waals surface area contributed by atoms with E-state index in [1.807, 2.05) is 31.1 Å². The van der Waals surface area contributed by atoms with Crippen LogP contribution in [0.3, 0.4) is 0 Å². The number of piperidine rings is 1. The molecular formula is C15H21N5O3. The fourth-order valence-electron chi connectivity index (χ4n) is 3.12. The topological polar surface area (TPSA) is 83.6 Å². The molecule has 0 unspecified atom stereocenters. The lowest BCUT2D eigenvalue weighted by atomic mass is 10.1. The maximum Gasteiger partial charge on any atom is 0.407 e. The summed E-state index contributed by atoms with van der Waals surface area (Å²) in [5.41, 5.74) is 1.36. The van der Waals surface area contributed by atoms with Crippen LogP contribution in [0, 0.1) is 0 Å². The average Bonchev–Trinajstić information content (AvgIpc) is 2.78. The number of fused-ring (bicyclic) bond motifs is 1. The van der Waals surface area contributed by atoms with Crippen molar-refractivity contribution in [3.63, 3.8) is 0 Å². The van der Waals surface area contributed by atoms with E-state index in [0.29, 0.717) is 31.6 Å². The number of likely N-dealkylation sites (tertiary alicyclic amines) is 1. The first-order valence-corrected chi connectivity index (χ1v) is 7.63. The van der Waals surface area contributed by atoms with Crippen molar-refractivity contribution in [3.05, 3.63) is 22.6 Å². The van der Waals surface area contributed by atoms with Crippen molar-refractivity contribution in [2.75, 3.05) is 32.1 Å². The van der Waals surface area contributed by atoms with Gasteiger partial charge < -0.3 is 14.9 Å². The van der Waals surface area contributed by atoms with E-state index in [1.54, 1.807) is 16.2 Å². The SMILES string of the molecule is CN(C)c1ccc2c(n1)n(C1CCN(C(=O)O)CC1)c(=O)n2C. The molecule has 0 spiro atoms. The smallest absolute Gasteiger partial charge is 0.407 e. The van der Waals surface area contributed by atoms with Gasteiger partial charge in [0.2, 0.25) is 0 Å². The highest BCUT2D eigenvalue weighted by Crippen LogP contribution is 2.25. The van der Waals surface area contributed by atoms with Crippen LogP contribution in [0.4, 0.5) is 10.6 Å². The largest absolute Gasteiger partial charge is 0.465 e. The standard InChI is InChI=1S/C15H21N5O3/c1-17(2)12-5-4-11-13(16-12)20(14(21)18(11)3)10-6-8-19(9-7-10)15(22)23/h4-5,10H,6-9H2,1-3H3,(H,22,23). The third-order valence-corrected chi connectivity index (χ3v) is 4.48. The summed E-state index contributed by atoms with van der Waals surface area (Å²) in [7, 11) is 5.56. The molecule has 23 heavy (non-hydrogen) atoms. The van der Waals surface area contributed by atoms with Gasteiger partial charge in [-0.05, 0) is 25.0 Å². The number of pyridine rings is 1. The Hall–Kier alpha value is -2.51. The minimum atomic E-state index is -0.901. The molecule has 1 aliphatic rings. The first-order chi connectivity index (χ1) is 10.9. The normalized spacial score (nSPS) is 16.0. The van der Waals surface area contributed by atoms with Crippen molar-refractivity contribution in [1.82, 2.24) is 19.0 Å². The van der Waals surface area contributed by atoms with Crippen molar-refractivity contribution in [2.45, 2.75) is 18.9 Å². The molecule has 0 aromatic carbocycles. The Kier molecular flexibility index (Phi) is 3.75. The van der Waals surface area contributed by atoms with Gasteiger partial charge in [-0.2, -0.15) is 0 Å². The van der Waals surface area contributed by atoms with Crippen molar-refractivity contribution >= 4 is 23.1 Å². The van der Waals surface area contributed by atoms with E-state index >= 15 is 0 Å². The fourth-order valence-corrected chi connectivity index (χ4v) is 3.12. The third-order valence-electron chi connectivity index (χ3n) is 4.48. The Balaban J connectivity index is 2.03. The lowest BCUT2D eigenvalue weighted by Gasteiger charge is -2.30. The zero-order chi connectivity index (χ0) is 16.7. The van der Waals surface area contributed by atoms with Crippen molar-refractivity contribution in [2.24, 2.45) is 7.05 Å². The van der Waals surface area contributed by atoms with E-state index in [1.165, 1.54) is 4.90 Å². The molecule has 8 heteroatoms. The maximum absolute atomic E-state index is 12.6. The molecule has 3 heterocycles. The van der Waals surface area contributed by atoms with Gasteiger partial charge >= 0.3 is 11.8 Å². The molecule has 0 radical (unpaired) electrons. The lowest BCUT2D eigenvalue weighted by molar-refractivity contribution is 0.125. The van der Waals surface area contributed by atoms with Gasteiger partial charge in [0.05, 0.1) is 5.52 Å². The van der Waals surface area contributed by atoms with E-state index in [4.69, 9.17) is 5.11 Å². The van der Waals surface area contributed by atoms with E-state index in [0.717, 1.165) is 11.3 Å². The predicted molar refractivity (Wildman–Crippen MR) is 87.2 cm³/mol. The lowest BCUT2D eigenvalue weighted by Crippen LogP contribution is -2.40. The van der Waals surface area contributed by atoms with Gasteiger partial charge in [0.15, 0.2) is 5.65 Å². The van der Waals surface area contributed by atoms with E-state index in [2.05, 4.69) is 4.98 Å². The number of hydrogen-bond donors (Lipinski definition) is 1. The molecule has 0 atom stereocenters. The molecule has 0 aliphatic carbocycles. The van der Waals surface area contributed by atoms with Crippen LogP contribution >= 0.6 is 0 Å². The van der Waals surface area contributed by atoms with Crippen molar-refractivity contribution < 1.29 is 9.90 Å². The summed E-state index contributed by atoms with van der Waals surface area (Å²) in [5, 5.41) is 9.06. The van der Waals surface area contributed by atoms with Gasteiger partial charge in [-0.25, -0.2) is 14.6 Å². The van der Waals surface area contributed by atoms with E-state index in [9.17, 15) is 9.59 Å². The zero-order valence-corrected chi connectivity index (χ0v) is 13.6. The fraction of sp³-hybridized carbons (Fsp3) is 0.533. The number of rotatable bonds is 2. The summed E-state index contributed by atoms with van der Waals surface area (Å²) in [4.78, 5) is 31.6. The summed E-state index contributed by atoms with van der Waals surface area (Å²) in [6.07, 6.45) is 0.347. The second-order valence-corrected chi connectivity index (χ2v) is 6.12. The number of aryl methyl sites for hydroxylation is 1.